The fraction of sp³-hybridized carbons (Fsp3) is 0.938. The van der Waals surface area contributed by atoms with Gasteiger partial charge in [0.2, 0.25) is 0 Å². The van der Waals surface area contributed by atoms with Crippen molar-refractivity contribution in [3.8, 4) is 0 Å². The van der Waals surface area contributed by atoms with Crippen molar-refractivity contribution in [1.29, 1.82) is 0 Å². The predicted molar refractivity (Wildman–Crippen MR) is 75.6 cm³/mol. The Morgan fingerprint density at radius 1 is 1.17 bits per heavy atom. The topological polar surface area (TPSA) is 20.3 Å². The lowest BCUT2D eigenvalue weighted by molar-refractivity contribution is -0.133. The summed E-state index contributed by atoms with van der Waals surface area (Å²) in [4.78, 5) is 15.0. The summed E-state index contributed by atoms with van der Waals surface area (Å²) in [5.41, 5.74) is -0.139. The highest BCUT2D eigenvalue weighted by atomic mass is 16.1. The largest absolute Gasteiger partial charge is 0.298 e. The van der Waals surface area contributed by atoms with Crippen LogP contribution < -0.4 is 0 Å². The van der Waals surface area contributed by atoms with Crippen molar-refractivity contribution in [2.45, 2.75) is 70.3 Å². The van der Waals surface area contributed by atoms with Gasteiger partial charge in [-0.2, -0.15) is 0 Å². The fourth-order valence-electron chi connectivity index (χ4n) is 4.10. The lowest BCUT2D eigenvalue weighted by Gasteiger charge is -2.44. The van der Waals surface area contributed by atoms with Crippen molar-refractivity contribution in [2.24, 2.45) is 11.8 Å². The van der Waals surface area contributed by atoms with Crippen LogP contribution in [0.5, 0.6) is 0 Å². The molecule has 2 unspecified atom stereocenters. The summed E-state index contributed by atoms with van der Waals surface area (Å²) in [6.45, 7) is 2.31. The van der Waals surface area contributed by atoms with Crippen molar-refractivity contribution in [3.63, 3.8) is 0 Å². The number of hydrogen-bond donors (Lipinski definition) is 0. The second-order valence-electron chi connectivity index (χ2n) is 6.91. The minimum atomic E-state index is -0.139. The molecule has 2 heteroatoms. The molecule has 104 valence electrons. The number of rotatable bonds is 4. The SMILES string of the molecule is CC1CCCC(C(=O)CC2CCCC2)(N(C)C)C1. The maximum absolute atomic E-state index is 12.8. The zero-order chi connectivity index (χ0) is 13.2. The highest BCUT2D eigenvalue weighted by Crippen LogP contribution is 2.39. The molecule has 2 fully saturated rings. The molecule has 0 radical (unpaired) electrons. The summed E-state index contributed by atoms with van der Waals surface area (Å²) >= 11 is 0. The molecule has 0 saturated heterocycles. The molecule has 0 bridgehead atoms. The van der Waals surface area contributed by atoms with E-state index in [-0.39, 0.29) is 5.54 Å². The van der Waals surface area contributed by atoms with E-state index in [1.807, 2.05) is 0 Å². The molecule has 18 heavy (non-hydrogen) atoms. The van der Waals surface area contributed by atoms with Gasteiger partial charge in [0, 0.05) is 6.42 Å². The van der Waals surface area contributed by atoms with Gasteiger partial charge >= 0.3 is 0 Å². The first-order valence-corrected chi connectivity index (χ1v) is 7.75. The van der Waals surface area contributed by atoms with Gasteiger partial charge in [-0.05, 0) is 38.8 Å². The monoisotopic (exact) mass is 251 g/mol. The number of hydrogen-bond acceptors (Lipinski definition) is 2. The van der Waals surface area contributed by atoms with E-state index in [9.17, 15) is 4.79 Å². The summed E-state index contributed by atoms with van der Waals surface area (Å²) in [6.07, 6.45) is 10.7. The van der Waals surface area contributed by atoms with Crippen LogP contribution in [0.25, 0.3) is 0 Å². The van der Waals surface area contributed by atoms with Crippen LogP contribution in [0, 0.1) is 11.8 Å². The molecule has 2 atom stereocenters. The van der Waals surface area contributed by atoms with Crippen LogP contribution in [0.15, 0.2) is 0 Å². The van der Waals surface area contributed by atoms with Gasteiger partial charge in [-0.1, -0.05) is 45.4 Å². The number of carbonyl (C=O) groups excluding carboxylic acids is 1. The van der Waals surface area contributed by atoms with Crippen LogP contribution in [0.2, 0.25) is 0 Å². The number of carbonyl (C=O) groups is 1. The maximum atomic E-state index is 12.8. The van der Waals surface area contributed by atoms with Crippen molar-refractivity contribution < 1.29 is 4.79 Å². The first kappa shape index (κ1) is 14.0. The first-order valence-electron chi connectivity index (χ1n) is 7.75. The van der Waals surface area contributed by atoms with Gasteiger partial charge in [-0.25, -0.2) is 0 Å². The molecule has 0 amide bonds. The molecule has 2 saturated carbocycles. The van der Waals surface area contributed by atoms with Crippen LogP contribution in [-0.4, -0.2) is 30.3 Å². The second-order valence-corrected chi connectivity index (χ2v) is 6.91. The lowest BCUT2D eigenvalue weighted by atomic mass is 9.71. The Hall–Kier alpha value is -0.370. The minimum Gasteiger partial charge on any atom is -0.298 e. The third-order valence-corrected chi connectivity index (χ3v) is 5.30. The molecular weight excluding hydrogens is 222 g/mol. The van der Waals surface area contributed by atoms with E-state index in [0.717, 1.165) is 19.3 Å². The lowest BCUT2D eigenvalue weighted by Crippen LogP contribution is -2.54. The van der Waals surface area contributed by atoms with Crippen LogP contribution in [0.1, 0.15) is 64.7 Å². The summed E-state index contributed by atoms with van der Waals surface area (Å²) < 4.78 is 0. The van der Waals surface area contributed by atoms with Crippen LogP contribution in [-0.2, 0) is 4.79 Å². The van der Waals surface area contributed by atoms with E-state index >= 15 is 0 Å². The van der Waals surface area contributed by atoms with Gasteiger partial charge in [-0.15, -0.1) is 0 Å². The standard InChI is InChI=1S/C16H29NO/c1-13-7-6-10-16(12-13,17(2)3)15(18)11-14-8-4-5-9-14/h13-14H,4-12H2,1-3H3. The Labute approximate surface area is 112 Å². The summed E-state index contributed by atoms with van der Waals surface area (Å²) in [5, 5.41) is 0. The van der Waals surface area contributed by atoms with E-state index < -0.39 is 0 Å². The van der Waals surface area contributed by atoms with Gasteiger partial charge in [0.1, 0.15) is 0 Å². The Morgan fingerprint density at radius 2 is 1.83 bits per heavy atom. The zero-order valence-electron chi connectivity index (χ0n) is 12.4. The van der Waals surface area contributed by atoms with E-state index in [2.05, 4.69) is 25.9 Å². The van der Waals surface area contributed by atoms with E-state index in [1.54, 1.807) is 0 Å². The van der Waals surface area contributed by atoms with Crippen LogP contribution >= 0.6 is 0 Å². The zero-order valence-corrected chi connectivity index (χ0v) is 12.4. The minimum absolute atomic E-state index is 0.139. The maximum Gasteiger partial charge on any atom is 0.153 e. The number of Topliss-reactive ketones (excluding diaryl/α,β-unsaturated/α-hetero) is 1. The first-order chi connectivity index (χ1) is 8.54. The predicted octanol–water partition coefficient (Wildman–Crippen LogP) is 3.65. The van der Waals surface area contributed by atoms with Crippen LogP contribution in [0.4, 0.5) is 0 Å². The molecule has 2 aliphatic rings. The van der Waals surface area contributed by atoms with Gasteiger partial charge in [0.15, 0.2) is 5.78 Å². The van der Waals surface area contributed by atoms with Crippen molar-refractivity contribution in [1.82, 2.24) is 4.90 Å². The molecule has 0 N–H and O–H groups in total. The van der Waals surface area contributed by atoms with Gasteiger partial charge < -0.3 is 0 Å². The smallest absolute Gasteiger partial charge is 0.153 e. The van der Waals surface area contributed by atoms with E-state index in [4.69, 9.17) is 0 Å². The molecule has 0 heterocycles. The highest BCUT2D eigenvalue weighted by Gasteiger charge is 2.43. The van der Waals surface area contributed by atoms with Gasteiger partial charge in [-0.3, -0.25) is 9.69 Å². The molecule has 2 aliphatic carbocycles. The molecule has 0 spiro atoms. The number of likely N-dealkylation sites (N-methyl/N-ethyl adjacent to an activating group) is 1. The van der Waals surface area contributed by atoms with Crippen molar-refractivity contribution >= 4 is 5.78 Å². The Bertz CT molecular complexity index is 293. The normalized spacial score (nSPS) is 34.1. The number of ketones is 1. The molecule has 0 aromatic heterocycles. The van der Waals surface area contributed by atoms with E-state index in [1.165, 1.54) is 38.5 Å². The Morgan fingerprint density at radius 3 is 2.39 bits per heavy atom. The van der Waals surface area contributed by atoms with Crippen molar-refractivity contribution in [3.05, 3.63) is 0 Å². The molecule has 0 aromatic carbocycles. The average molecular weight is 251 g/mol. The summed E-state index contributed by atoms with van der Waals surface area (Å²) in [5.74, 6) is 1.92. The highest BCUT2D eigenvalue weighted by molar-refractivity contribution is 5.88. The summed E-state index contributed by atoms with van der Waals surface area (Å²) in [7, 11) is 4.20. The van der Waals surface area contributed by atoms with Gasteiger partial charge in [0.25, 0.3) is 0 Å². The van der Waals surface area contributed by atoms with E-state index in [0.29, 0.717) is 17.6 Å². The molecular formula is C16H29NO. The fourth-order valence-corrected chi connectivity index (χ4v) is 4.10. The van der Waals surface area contributed by atoms with Crippen molar-refractivity contribution in [2.75, 3.05) is 14.1 Å². The third-order valence-electron chi connectivity index (χ3n) is 5.30. The molecule has 2 nitrogen and oxygen atoms in total. The average Bonchev–Trinajstić information content (AvgIpc) is 2.81. The Kier molecular flexibility index (Phi) is 4.47. The second kappa shape index (κ2) is 5.73. The van der Waals surface area contributed by atoms with Gasteiger partial charge in [0.05, 0.1) is 5.54 Å². The van der Waals surface area contributed by atoms with Crippen LogP contribution in [0.3, 0.4) is 0 Å². The quantitative estimate of drug-likeness (QED) is 0.760. The third kappa shape index (κ3) is 2.79. The summed E-state index contributed by atoms with van der Waals surface area (Å²) in [6, 6.07) is 0. The molecule has 2 rings (SSSR count). The number of nitrogens with zero attached hydrogens (tertiary/aromatic N) is 1. The Balaban J connectivity index is 2.05. The molecule has 0 aromatic rings. The molecule has 0 aliphatic heterocycles.